The fourth-order valence-corrected chi connectivity index (χ4v) is 2.54. The van der Waals surface area contributed by atoms with E-state index >= 15 is 0 Å². The molecular weight excluding hydrogens is 308 g/mol. The molecule has 1 aromatic rings. The number of unbranched alkanes of at least 4 members (excludes halogenated alkanes) is 2. The van der Waals surface area contributed by atoms with Crippen molar-refractivity contribution in [2.45, 2.75) is 38.2 Å². The van der Waals surface area contributed by atoms with Gasteiger partial charge in [0.05, 0.1) is 13.2 Å². The van der Waals surface area contributed by atoms with E-state index in [4.69, 9.17) is 20.0 Å². The Labute approximate surface area is 142 Å². The van der Waals surface area contributed by atoms with Gasteiger partial charge in [-0.05, 0) is 24.8 Å². The largest absolute Gasteiger partial charge is 0.389 e. The van der Waals surface area contributed by atoms with Crippen LogP contribution >= 0.6 is 0 Å². The molecule has 0 saturated carbocycles. The Hall–Kier alpha value is -1.92. The maximum absolute atomic E-state index is 11.6. The summed E-state index contributed by atoms with van der Waals surface area (Å²) in [6, 6.07) is 7.73. The molecule has 1 saturated heterocycles. The van der Waals surface area contributed by atoms with Gasteiger partial charge in [-0.15, -0.1) is 0 Å². The molecule has 1 atom stereocenters. The number of amides is 1. The van der Waals surface area contributed by atoms with Crippen LogP contribution in [0.4, 0.5) is 0 Å². The number of carbonyl (C=O) groups is 1. The third-order valence-corrected chi connectivity index (χ3v) is 3.96. The molecule has 1 heterocycles. The summed E-state index contributed by atoms with van der Waals surface area (Å²) < 4.78 is 10.3. The van der Waals surface area contributed by atoms with E-state index in [2.05, 4.69) is 5.16 Å². The first-order valence-corrected chi connectivity index (χ1v) is 8.40. The monoisotopic (exact) mass is 334 g/mol. The van der Waals surface area contributed by atoms with Gasteiger partial charge in [0, 0.05) is 25.7 Å². The maximum Gasteiger partial charge on any atom is 0.271 e. The minimum absolute atomic E-state index is 0.106. The molecule has 6 heteroatoms. The van der Waals surface area contributed by atoms with Crippen molar-refractivity contribution in [3.8, 4) is 0 Å². The first-order chi connectivity index (χ1) is 11.7. The van der Waals surface area contributed by atoms with Crippen molar-refractivity contribution in [3.05, 3.63) is 35.4 Å². The summed E-state index contributed by atoms with van der Waals surface area (Å²) in [4.78, 5) is 17.0. The van der Waals surface area contributed by atoms with Crippen LogP contribution in [0.25, 0.3) is 0 Å². The minimum atomic E-state index is -0.596. The highest BCUT2D eigenvalue weighted by atomic mass is 16.7. The number of carbonyl (C=O) groups excluding carboxylic acids is 1. The number of primary amides is 1. The molecule has 1 aliphatic heterocycles. The van der Waals surface area contributed by atoms with Crippen LogP contribution in [0.1, 0.15) is 36.8 Å². The van der Waals surface area contributed by atoms with E-state index in [-0.39, 0.29) is 11.8 Å². The van der Waals surface area contributed by atoms with Gasteiger partial charge < -0.3 is 20.0 Å². The second-order valence-corrected chi connectivity index (χ2v) is 5.90. The lowest BCUT2D eigenvalue weighted by Gasteiger charge is -2.08. The van der Waals surface area contributed by atoms with Gasteiger partial charge in [0.15, 0.2) is 11.8 Å². The van der Waals surface area contributed by atoms with Crippen molar-refractivity contribution in [2.24, 2.45) is 10.9 Å². The van der Waals surface area contributed by atoms with Gasteiger partial charge in [-0.1, -0.05) is 35.8 Å². The zero-order valence-electron chi connectivity index (χ0n) is 14.2. The van der Waals surface area contributed by atoms with E-state index in [0.29, 0.717) is 18.8 Å². The number of oxime groups is 1. The van der Waals surface area contributed by atoms with E-state index in [9.17, 15) is 4.79 Å². The molecule has 1 fully saturated rings. The smallest absolute Gasteiger partial charge is 0.271 e. The van der Waals surface area contributed by atoms with Crippen molar-refractivity contribution in [1.29, 1.82) is 0 Å². The summed E-state index contributed by atoms with van der Waals surface area (Å²) in [5, 5.41) is 3.95. The van der Waals surface area contributed by atoms with Gasteiger partial charge in [0.1, 0.15) is 0 Å². The first kappa shape index (κ1) is 18.4. The molecule has 1 amide bonds. The summed E-state index contributed by atoms with van der Waals surface area (Å²) in [6.45, 7) is 1.96. The highest BCUT2D eigenvalue weighted by Crippen LogP contribution is 2.12. The molecule has 0 unspecified atom stereocenters. The molecular formula is C18H26N2O4. The number of hydrogen-bond acceptors (Lipinski definition) is 5. The van der Waals surface area contributed by atoms with Gasteiger partial charge in [-0.25, -0.2) is 0 Å². The van der Waals surface area contributed by atoms with Gasteiger partial charge in [-0.3, -0.25) is 4.79 Å². The van der Waals surface area contributed by atoms with E-state index in [0.717, 1.165) is 38.7 Å². The fraction of sp³-hybridized carbons (Fsp3) is 0.556. The van der Waals surface area contributed by atoms with Crippen molar-refractivity contribution >= 4 is 11.6 Å². The molecule has 2 N–H and O–H groups in total. The lowest BCUT2D eigenvalue weighted by molar-refractivity contribution is -0.112. The lowest BCUT2D eigenvalue weighted by atomic mass is 10.0. The predicted octanol–water partition coefficient (Wildman–Crippen LogP) is 2.04. The second kappa shape index (κ2) is 10.1. The van der Waals surface area contributed by atoms with E-state index < -0.39 is 5.91 Å². The number of nitrogens with zero attached hydrogens (tertiary/aromatic N) is 1. The Balaban J connectivity index is 1.90. The topological polar surface area (TPSA) is 83.1 Å². The van der Waals surface area contributed by atoms with Gasteiger partial charge in [0.2, 0.25) is 0 Å². The Kier molecular flexibility index (Phi) is 7.71. The van der Waals surface area contributed by atoms with Crippen molar-refractivity contribution in [3.63, 3.8) is 0 Å². The van der Waals surface area contributed by atoms with Crippen LogP contribution in [-0.2, 0) is 25.5 Å². The van der Waals surface area contributed by atoms with Crippen LogP contribution in [0.2, 0.25) is 0 Å². The number of methoxy groups -OCH3 is 1. The molecule has 0 spiro atoms. The number of aryl methyl sites for hydroxylation is 1. The highest BCUT2D eigenvalue weighted by Gasteiger charge is 2.18. The zero-order valence-corrected chi connectivity index (χ0v) is 14.2. The van der Waals surface area contributed by atoms with E-state index in [1.807, 2.05) is 24.3 Å². The van der Waals surface area contributed by atoms with Gasteiger partial charge in [0.25, 0.3) is 5.91 Å². The average molecular weight is 334 g/mol. The van der Waals surface area contributed by atoms with E-state index in [1.54, 1.807) is 7.11 Å². The molecule has 1 aromatic carbocycles. The number of rotatable bonds is 10. The number of benzene rings is 1. The number of ether oxygens (including phenoxy) is 2. The van der Waals surface area contributed by atoms with Crippen molar-refractivity contribution < 1.29 is 19.1 Å². The van der Waals surface area contributed by atoms with Crippen LogP contribution in [0.3, 0.4) is 0 Å². The Morgan fingerprint density at radius 3 is 2.71 bits per heavy atom. The van der Waals surface area contributed by atoms with Crippen molar-refractivity contribution in [1.82, 2.24) is 0 Å². The lowest BCUT2D eigenvalue weighted by Crippen LogP contribution is -2.25. The molecule has 0 aliphatic carbocycles. The van der Waals surface area contributed by atoms with Gasteiger partial charge in [-0.2, -0.15) is 0 Å². The molecule has 24 heavy (non-hydrogen) atoms. The molecule has 132 valence electrons. The van der Waals surface area contributed by atoms with Crippen LogP contribution in [0.15, 0.2) is 29.4 Å². The summed E-state index contributed by atoms with van der Waals surface area (Å²) in [5.74, 6) is -0.596. The summed E-state index contributed by atoms with van der Waals surface area (Å²) >= 11 is 0. The quantitative estimate of drug-likeness (QED) is 0.403. The maximum atomic E-state index is 11.6. The normalized spacial score (nSPS) is 17.9. The molecule has 2 rings (SSSR count). The fourth-order valence-electron chi connectivity index (χ4n) is 2.54. The summed E-state index contributed by atoms with van der Waals surface area (Å²) in [7, 11) is 1.72. The minimum Gasteiger partial charge on any atom is -0.389 e. The Morgan fingerprint density at radius 2 is 2.08 bits per heavy atom. The third kappa shape index (κ3) is 5.94. The van der Waals surface area contributed by atoms with Crippen LogP contribution in [-0.4, -0.2) is 44.7 Å². The average Bonchev–Trinajstić information content (AvgIpc) is 3.09. The zero-order chi connectivity index (χ0) is 17.2. The van der Waals surface area contributed by atoms with Crippen LogP contribution < -0.4 is 5.73 Å². The predicted molar refractivity (Wildman–Crippen MR) is 91.9 cm³/mol. The third-order valence-electron chi connectivity index (χ3n) is 3.96. The number of nitrogens with two attached hydrogens (primary N) is 1. The molecule has 0 bridgehead atoms. The standard InChI is InChI=1S/C18H26N2O4/c1-22-11-4-2-3-5-14-6-8-15(9-7-14)17(18(19)21)20-24-16-10-12-23-13-16/h6-9,16H,2-5,10-13H2,1H3,(H2,19,21)/b20-17+/t16-/m1/s1. The summed E-state index contributed by atoms with van der Waals surface area (Å²) in [5.41, 5.74) is 7.47. The first-order valence-electron chi connectivity index (χ1n) is 8.40. The van der Waals surface area contributed by atoms with Crippen LogP contribution in [0.5, 0.6) is 0 Å². The molecule has 6 nitrogen and oxygen atoms in total. The highest BCUT2D eigenvalue weighted by molar-refractivity contribution is 6.44. The van der Waals surface area contributed by atoms with E-state index in [1.165, 1.54) is 5.56 Å². The second-order valence-electron chi connectivity index (χ2n) is 5.90. The van der Waals surface area contributed by atoms with Gasteiger partial charge >= 0.3 is 0 Å². The molecule has 0 radical (unpaired) electrons. The molecule has 0 aromatic heterocycles. The summed E-state index contributed by atoms with van der Waals surface area (Å²) in [6.07, 6.45) is 5.01. The Morgan fingerprint density at radius 1 is 1.29 bits per heavy atom. The number of hydrogen-bond donors (Lipinski definition) is 1. The SMILES string of the molecule is COCCCCCc1ccc(/C(=N\O[C@@H]2CCOC2)C(N)=O)cc1. The Bertz CT molecular complexity index is 536. The molecule has 1 aliphatic rings. The van der Waals surface area contributed by atoms with Crippen LogP contribution in [0, 0.1) is 0 Å². The van der Waals surface area contributed by atoms with Crippen molar-refractivity contribution in [2.75, 3.05) is 26.9 Å².